The maximum Gasteiger partial charge on any atom is 0.232 e. The summed E-state index contributed by atoms with van der Waals surface area (Å²) in [5.74, 6) is -0.167. The second-order valence-corrected chi connectivity index (χ2v) is 5.49. The highest BCUT2D eigenvalue weighted by Crippen LogP contribution is 2.28. The number of likely N-dealkylation sites (N-methyl/N-ethyl adjacent to an activating group) is 1. The number of aromatic nitrogens is 1. The van der Waals surface area contributed by atoms with Crippen LogP contribution in [0, 0.1) is 16.7 Å². The molecular weight excluding hydrogens is 302 g/mol. The molecule has 1 amide bonds. The first kappa shape index (κ1) is 15.4. The van der Waals surface area contributed by atoms with E-state index >= 15 is 0 Å². The summed E-state index contributed by atoms with van der Waals surface area (Å²) in [6.07, 6.45) is 1.78. The molecule has 0 bridgehead atoms. The second kappa shape index (κ2) is 5.97. The first-order chi connectivity index (χ1) is 11.5. The van der Waals surface area contributed by atoms with Crippen molar-refractivity contribution in [2.75, 3.05) is 7.05 Å². The molecule has 6 nitrogen and oxygen atoms in total. The van der Waals surface area contributed by atoms with E-state index < -0.39 is 0 Å². The number of nitrogens with one attached hydrogen (secondary N) is 1. The summed E-state index contributed by atoms with van der Waals surface area (Å²) in [5.41, 5.74) is 9.76. The Labute approximate surface area is 139 Å². The Morgan fingerprint density at radius 3 is 2.83 bits per heavy atom. The number of nitrogens with two attached hydrogens (primary N) is 1. The largest absolute Gasteiger partial charge is 0.395 e. The van der Waals surface area contributed by atoms with E-state index in [1.165, 1.54) is 4.90 Å². The molecule has 24 heavy (non-hydrogen) atoms. The van der Waals surface area contributed by atoms with Crippen LogP contribution in [0.4, 0.5) is 0 Å². The van der Waals surface area contributed by atoms with Gasteiger partial charge in [-0.3, -0.25) is 20.1 Å². The van der Waals surface area contributed by atoms with Gasteiger partial charge in [0.25, 0.3) is 0 Å². The minimum absolute atomic E-state index is 0.00564. The van der Waals surface area contributed by atoms with Gasteiger partial charge in [-0.15, -0.1) is 0 Å². The monoisotopic (exact) mass is 317 g/mol. The molecule has 3 rings (SSSR count). The van der Waals surface area contributed by atoms with Crippen molar-refractivity contribution in [3.63, 3.8) is 0 Å². The van der Waals surface area contributed by atoms with Gasteiger partial charge in [-0.1, -0.05) is 12.1 Å². The highest BCUT2D eigenvalue weighted by atomic mass is 16.2. The number of amides is 1. The van der Waals surface area contributed by atoms with E-state index in [-0.39, 0.29) is 18.2 Å². The Hall–Kier alpha value is -3.46. The highest BCUT2D eigenvalue weighted by Gasteiger charge is 2.27. The Morgan fingerprint density at radius 1 is 1.29 bits per heavy atom. The van der Waals surface area contributed by atoms with Gasteiger partial charge in [0.15, 0.2) is 5.84 Å². The predicted octanol–water partition coefficient (Wildman–Crippen LogP) is 2.13. The standard InChI is InChI=1S/C18H15N5O/c1-23-16(24)9-14(17(20)18(23)21)12-5-6-22-15(8-12)13-4-2-3-11(7-13)10-19/h2-8,21H,9,20H2,1H3. The molecule has 0 atom stereocenters. The van der Waals surface area contributed by atoms with Crippen LogP contribution < -0.4 is 5.73 Å². The smallest absolute Gasteiger partial charge is 0.232 e. The number of pyridine rings is 1. The molecule has 0 saturated heterocycles. The zero-order valence-electron chi connectivity index (χ0n) is 13.1. The van der Waals surface area contributed by atoms with Crippen LogP contribution in [0.5, 0.6) is 0 Å². The third-order valence-electron chi connectivity index (χ3n) is 4.01. The third-order valence-corrected chi connectivity index (χ3v) is 4.01. The van der Waals surface area contributed by atoms with Crippen LogP contribution in [-0.2, 0) is 4.79 Å². The zero-order chi connectivity index (χ0) is 17.3. The van der Waals surface area contributed by atoms with E-state index in [9.17, 15) is 4.79 Å². The lowest BCUT2D eigenvalue weighted by Gasteiger charge is -2.26. The van der Waals surface area contributed by atoms with Gasteiger partial charge in [-0.05, 0) is 35.4 Å². The molecule has 3 N–H and O–H groups in total. The predicted molar refractivity (Wildman–Crippen MR) is 90.6 cm³/mol. The fraction of sp³-hybridized carbons (Fsp3) is 0.111. The Bertz CT molecular complexity index is 923. The lowest BCUT2D eigenvalue weighted by molar-refractivity contribution is -0.125. The fourth-order valence-corrected chi connectivity index (χ4v) is 2.60. The molecule has 2 heterocycles. The maximum absolute atomic E-state index is 12.0. The van der Waals surface area contributed by atoms with Crippen LogP contribution >= 0.6 is 0 Å². The van der Waals surface area contributed by atoms with Gasteiger partial charge < -0.3 is 5.73 Å². The fourth-order valence-electron chi connectivity index (χ4n) is 2.60. The number of nitriles is 1. The van der Waals surface area contributed by atoms with Crippen LogP contribution in [0.25, 0.3) is 16.8 Å². The van der Waals surface area contributed by atoms with Crippen molar-refractivity contribution >= 4 is 17.3 Å². The van der Waals surface area contributed by atoms with Gasteiger partial charge in [0.1, 0.15) is 0 Å². The van der Waals surface area contributed by atoms with E-state index in [0.29, 0.717) is 22.5 Å². The minimum atomic E-state index is -0.172. The van der Waals surface area contributed by atoms with Gasteiger partial charge in [0, 0.05) is 18.8 Å². The molecule has 0 saturated carbocycles. The van der Waals surface area contributed by atoms with E-state index in [4.69, 9.17) is 16.4 Å². The van der Waals surface area contributed by atoms with Gasteiger partial charge in [0.2, 0.25) is 5.91 Å². The van der Waals surface area contributed by atoms with Gasteiger partial charge in [0.05, 0.1) is 29.4 Å². The first-order valence-corrected chi connectivity index (χ1v) is 7.32. The zero-order valence-corrected chi connectivity index (χ0v) is 13.1. The van der Waals surface area contributed by atoms with E-state index in [2.05, 4.69) is 11.1 Å². The van der Waals surface area contributed by atoms with Crippen LogP contribution in [0.3, 0.4) is 0 Å². The molecule has 0 fully saturated rings. The first-order valence-electron chi connectivity index (χ1n) is 7.32. The lowest BCUT2D eigenvalue weighted by atomic mass is 9.95. The van der Waals surface area contributed by atoms with Crippen LogP contribution in [-0.4, -0.2) is 28.7 Å². The molecule has 1 aliphatic rings. The molecule has 0 radical (unpaired) electrons. The topological polar surface area (TPSA) is 107 Å². The van der Waals surface area contributed by atoms with Crippen LogP contribution in [0.1, 0.15) is 17.5 Å². The molecule has 0 unspecified atom stereocenters. The number of nitrogens with zero attached hydrogens (tertiary/aromatic N) is 3. The van der Waals surface area contributed by atoms with Crippen molar-refractivity contribution in [2.24, 2.45) is 5.73 Å². The van der Waals surface area contributed by atoms with Crippen molar-refractivity contribution in [2.45, 2.75) is 6.42 Å². The molecule has 118 valence electrons. The molecule has 1 aromatic heterocycles. The number of benzene rings is 1. The van der Waals surface area contributed by atoms with Crippen molar-refractivity contribution in [3.05, 3.63) is 59.4 Å². The summed E-state index contributed by atoms with van der Waals surface area (Å²) in [6.45, 7) is 0. The summed E-state index contributed by atoms with van der Waals surface area (Å²) in [6, 6.07) is 12.8. The number of carbonyl (C=O) groups is 1. The number of rotatable bonds is 2. The average molecular weight is 317 g/mol. The summed E-state index contributed by atoms with van der Waals surface area (Å²) in [4.78, 5) is 17.6. The highest BCUT2D eigenvalue weighted by molar-refractivity contribution is 6.15. The van der Waals surface area contributed by atoms with E-state index in [0.717, 1.165) is 11.1 Å². The van der Waals surface area contributed by atoms with Crippen molar-refractivity contribution in [1.82, 2.24) is 9.88 Å². The molecule has 1 aliphatic heterocycles. The van der Waals surface area contributed by atoms with E-state index in [1.54, 1.807) is 37.5 Å². The molecule has 2 aromatic rings. The van der Waals surface area contributed by atoms with Crippen molar-refractivity contribution < 1.29 is 4.79 Å². The Morgan fingerprint density at radius 2 is 2.08 bits per heavy atom. The van der Waals surface area contributed by atoms with Gasteiger partial charge in [-0.25, -0.2) is 0 Å². The SMILES string of the molecule is CN1C(=N)C(N)=C(c2ccnc(-c3cccc(C#N)c3)c2)CC1=O. The van der Waals surface area contributed by atoms with Gasteiger partial charge in [-0.2, -0.15) is 5.26 Å². The molecule has 1 aromatic carbocycles. The third kappa shape index (κ3) is 2.63. The molecular formula is C18H15N5O. The van der Waals surface area contributed by atoms with Crippen molar-refractivity contribution in [1.29, 1.82) is 10.7 Å². The minimum Gasteiger partial charge on any atom is -0.395 e. The average Bonchev–Trinajstić information content (AvgIpc) is 2.63. The summed E-state index contributed by atoms with van der Waals surface area (Å²) < 4.78 is 0. The Kier molecular flexibility index (Phi) is 3.84. The normalized spacial score (nSPS) is 14.8. The Balaban J connectivity index is 2.07. The number of carbonyl (C=O) groups excluding carboxylic acids is 1. The van der Waals surface area contributed by atoms with Crippen molar-refractivity contribution in [3.8, 4) is 17.3 Å². The van der Waals surface area contributed by atoms with Gasteiger partial charge >= 0.3 is 0 Å². The summed E-state index contributed by atoms with van der Waals surface area (Å²) in [7, 11) is 1.54. The quantitative estimate of drug-likeness (QED) is 0.884. The van der Waals surface area contributed by atoms with Crippen LogP contribution in [0.2, 0.25) is 0 Å². The number of amidine groups is 1. The second-order valence-electron chi connectivity index (χ2n) is 5.49. The summed E-state index contributed by atoms with van der Waals surface area (Å²) >= 11 is 0. The molecule has 0 spiro atoms. The van der Waals surface area contributed by atoms with E-state index in [1.807, 2.05) is 12.1 Å². The lowest BCUT2D eigenvalue weighted by Crippen LogP contribution is -2.40. The molecule has 6 heteroatoms. The maximum atomic E-state index is 12.0. The van der Waals surface area contributed by atoms with Crippen LogP contribution in [0.15, 0.2) is 48.3 Å². The summed E-state index contributed by atoms with van der Waals surface area (Å²) in [5, 5.41) is 17.0. The number of hydrogen-bond donors (Lipinski definition) is 2. The number of hydrogen-bond acceptors (Lipinski definition) is 5. The molecule has 0 aliphatic carbocycles.